The summed E-state index contributed by atoms with van der Waals surface area (Å²) in [6, 6.07) is 18.4. The summed E-state index contributed by atoms with van der Waals surface area (Å²) in [4.78, 5) is 0. The largest absolute Gasteiger partial charge is 1.00 e. The molecule has 2 aromatic rings. The second-order valence-electron chi connectivity index (χ2n) is 4.29. The molecule has 0 saturated heterocycles. The lowest BCUT2D eigenvalue weighted by molar-refractivity contribution is -0.00000412. The number of nitrogens with one attached hydrogen (secondary N) is 1. The maximum atomic E-state index is 5.13. The molecular weight excluding hydrogens is 270 g/mol. The van der Waals surface area contributed by atoms with Gasteiger partial charge in [0, 0.05) is 13.1 Å². The summed E-state index contributed by atoms with van der Waals surface area (Å²) in [5.74, 6) is 0.896. The number of hydrogen-bond acceptors (Lipinski definition) is 2. The third-order valence-electron chi connectivity index (χ3n) is 2.86. The van der Waals surface area contributed by atoms with E-state index >= 15 is 0 Å². The fraction of sp³-hybridized carbons (Fsp3) is 0.176. The number of halogens is 1. The van der Waals surface area contributed by atoms with Crippen molar-refractivity contribution in [2.45, 2.75) is 6.54 Å². The number of methoxy groups -OCH3 is 1. The summed E-state index contributed by atoms with van der Waals surface area (Å²) in [6.45, 7) is 1.73. The maximum Gasteiger partial charge on any atom is 0.118 e. The Labute approximate surface area is 126 Å². The van der Waals surface area contributed by atoms with Gasteiger partial charge in [-0.05, 0) is 23.3 Å². The monoisotopic (exact) mass is 288 g/mol. The molecule has 0 aromatic heterocycles. The minimum absolute atomic E-state index is 0. The molecule has 0 atom stereocenters. The molecule has 0 aliphatic heterocycles. The van der Waals surface area contributed by atoms with Gasteiger partial charge in [0.25, 0.3) is 0 Å². The van der Waals surface area contributed by atoms with Crippen molar-refractivity contribution in [3.63, 3.8) is 0 Å². The normalized spacial score (nSPS) is 10.2. The van der Waals surface area contributed by atoms with Gasteiger partial charge in [0.1, 0.15) is 5.75 Å². The Morgan fingerprint density at radius 2 is 1.70 bits per heavy atom. The summed E-state index contributed by atoms with van der Waals surface area (Å²) in [6.07, 6.45) is 4.26. The molecule has 2 aromatic carbocycles. The number of hydrogen-bond donors (Lipinski definition) is 1. The van der Waals surface area contributed by atoms with E-state index in [-0.39, 0.29) is 12.4 Å². The van der Waals surface area contributed by atoms with Crippen LogP contribution in [0.4, 0.5) is 0 Å². The number of ether oxygens (including phenoxy) is 1. The number of rotatable bonds is 6. The van der Waals surface area contributed by atoms with E-state index in [4.69, 9.17) is 4.74 Å². The van der Waals surface area contributed by atoms with Gasteiger partial charge in [-0.25, -0.2) is 0 Å². The Morgan fingerprint density at radius 1 is 1.00 bits per heavy atom. The van der Waals surface area contributed by atoms with Crippen LogP contribution in [0.15, 0.2) is 60.7 Å². The van der Waals surface area contributed by atoms with Crippen molar-refractivity contribution >= 4 is 6.08 Å². The lowest BCUT2D eigenvalue weighted by Crippen LogP contribution is -3.00. The Bertz CT molecular complexity index is 508. The van der Waals surface area contributed by atoms with E-state index < -0.39 is 0 Å². The molecule has 3 heteroatoms. The van der Waals surface area contributed by atoms with Crippen molar-refractivity contribution in [1.29, 1.82) is 0 Å². The Morgan fingerprint density at radius 3 is 2.35 bits per heavy atom. The first kappa shape index (κ1) is 16.3. The third kappa shape index (κ3) is 5.47. The van der Waals surface area contributed by atoms with E-state index in [1.54, 1.807) is 7.11 Å². The second kappa shape index (κ2) is 9.18. The molecule has 20 heavy (non-hydrogen) atoms. The Hall–Kier alpha value is -1.77. The van der Waals surface area contributed by atoms with Crippen LogP contribution in [0.2, 0.25) is 0 Å². The van der Waals surface area contributed by atoms with Crippen LogP contribution in [-0.4, -0.2) is 13.7 Å². The van der Waals surface area contributed by atoms with Gasteiger partial charge in [-0.2, -0.15) is 0 Å². The van der Waals surface area contributed by atoms with Crippen LogP contribution in [-0.2, 0) is 6.54 Å². The minimum Gasteiger partial charge on any atom is -1.00 e. The highest BCUT2D eigenvalue weighted by Gasteiger charge is 1.93. The van der Waals surface area contributed by atoms with E-state index in [0.29, 0.717) is 0 Å². The van der Waals surface area contributed by atoms with Crippen molar-refractivity contribution in [3.8, 4) is 5.75 Å². The van der Waals surface area contributed by atoms with Crippen LogP contribution in [0.5, 0.6) is 5.75 Å². The van der Waals surface area contributed by atoms with Gasteiger partial charge in [-0.1, -0.05) is 54.6 Å². The molecule has 0 unspecified atom stereocenters. The van der Waals surface area contributed by atoms with E-state index in [9.17, 15) is 0 Å². The first-order valence-electron chi connectivity index (χ1n) is 6.44. The number of benzene rings is 2. The van der Waals surface area contributed by atoms with Gasteiger partial charge in [0.05, 0.1) is 7.11 Å². The molecule has 0 bridgehead atoms. The van der Waals surface area contributed by atoms with Crippen molar-refractivity contribution in [1.82, 2.24) is 5.32 Å². The van der Waals surface area contributed by atoms with E-state index in [2.05, 4.69) is 41.7 Å². The first-order chi connectivity index (χ1) is 9.38. The zero-order valence-corrected chi connectivity index (χ0v) is 12.3. The quantitative estimate of drug-likeness (QED) is 0.782. The molecule has 106 valence electrons. The molecular formula is C17H19ClNO-. The van der Waals surface area contributed by atoms with Crippen molar-refractivity contribution in [2.24, 2.45) is 0 Å². The van der Waals surface area contributed by atoms with E-state index in [1.165, 1.54) is 11.1 Å². The van der Waals surface area contributed by atoms with Gasteiger partial charge in [0.2, 0.25) is 0 Å². The molecule has 2 nitrogen and oxygen atoms in total. The summed E-state index contributed by atoms with van der Waals surface area (Å²) in [5, 5.41) is 3.38. The van der Waals surface area contributed by atoms with Crippen molar-refractivity contribution in [2.75, 3.05) is 13.7 Å². The lowest BCUT2D eigenvalue weighted by atomic mass is 10.2. The molecule has 1 N–H and O–H groups in total. The standard InChI is InChI=1S/C17H19NO.ClH/c1-19-17-11-9-16(10-12-17)14-18-13-5-8-15-6-3-2-4-7-15;/h2-12,18H,13-14H2,1H3;1H/p-1/b8-5+;. The predicted molar refractivity (Wildman–Crippen MR) is 80.2 cm³/mol. The van der Waals surface area contributed by atoms with Gasteiger partial charge in [0.15, 0.2) is 0 Å². The van der Waals surface area contributed by atoms with E-state index in [0.717, 1.165) is 18.8 Å². The third-order valence-corrected chi connectivity index (χ3v) is 2.86. The first-order valence-corrected chi connectivity index (χ1v) is 6.44. The Kier molecular flexibility index (Phi) is 7.48. The Balaban J connectivity index is 0.00000200. The fourth-order valence-electron chi connectivity index (χ4n) is 1.80. The van der Waals surface area contributed by atoms with Gasteiger partial charge in [-0.15, -0.1) is 0 Å². The zero-order chi connectivity index (χ0) is 13.3. The van der Waals surface area contributed by atoms with E-state index in [1.807, 2.05) is 30.3 Å². The molecule has 0 aliphatic rings. The average molecular weight is 289 g/mol. The van der Waals surface area contributed by atoms with Crippen LogP contribution in [0, 0.1) is 0 Å². The molecule has 0 fully saturated rings. The topological polar surface area (TPSA) is 21.3 Å². The molecule has 0 aliphatic carbocycles. The van der Waals surface area contributed by atoms with Gasteiger partial charge in [-0.3, -0.25) is 0 Å². The van der Waals surface area contributed by atoms with Gasteiger partial charge < -0.3 is 22.5 Å². The van der Waals surface area contributed by atoms with Crippen molar-refractivity contribution < 1.29 is 17.1 Å². The predicted octanol–water partition coefficient (Wildman–Crippen LogP) is 0.502. The lowest BCUT2D eigenvalue weighted by Gasteiger charge is -2.04. The fourth-order valence-corrected chi connectivity index (χ4v) is 1.80. The molecule has 0 spiro atoms. The van der Waals surface area contributed by atoms with Gasteiger partial charge >= 0.3 is 0 Å². The minimum atomic E-state index is 0. The summed E-state index contributed by atoms with van der Waals surface area (Å²) < 4.78 is 5.13. The smallest absolute Gasteiger partial charge is 0.118 e. The highest BCUT2D eigenvalue weighted by Crippen LogP contribution is 2.10. The maximum absolute atomic E-state index is 5.13. The molecule has 0 heterocycles. The SMILES string of the molecule is COc1ccc(CNC/C=C/c2ccccc2)cc1.[Cl-]. The highest BCUT2D eigenvalue weighted by molar-refractivity contribution is 5.48. The molecule has 0 radical (unpaired) electrons. The summed E-state index contributed by atoms with van der Waals surface area (Å²) >= 11 is 0. The average Bonchev–Trinajstić information content (AvgIpc) is 2.49. The molecule has 0 saturated carbocycles. The zero-order valence-electron chi connectivity index (χ0n) is 11.6. The van der Waals surface area contributed by atoms with Crippen molar-refractivity contribution in [3.05, 3.63) is 71.8 Å². The molecule has 2 rings (SSSR count). The van der Waals surface area contributed by atoms with Crippen LogP contribution in [0.3, 0.4) is 0 Å². The van der Waals surface area contributed by atoms with Crippen LogP contribution < -0.4 is 22.5 Å². The summed E-state index contributed by atoms with van der Waals surface area (Å²) in [7, 11) is 1.68. The van der Waals surface area contributed by atoms with Crippen LogP contribution in [0.1, 0.15) is 11.1 Å². The van der Waals surface area contributed by atoms with Crippen LogP contribution >= 0.6 is 0 Å². The molecule has 0 amide bonds. The summed E-state index contributed by atoms with van der Waals surface area (Å²) in [5.41, 5.74) is 2.49. The second-order valence-corrected chi connectivity index (χ2v) is 4.29. The van der Waals surface area contributed by atoms with Crippen LogP contribution in [0.25, 0.3) is 6.08 Å². The highest BCUT2D eigenvalue weighted by atomic mass is 35.5.